The third kappa shape index (κ3) is 12.3. The number of benzene rings is 1. The molecular weight excluding hydrogens is 193 g/mol. The first-order valence-electron chi connectivity index (χ1n) is 3.73. The third-order valence-electron chi connectivity index (χ3n) is 0.800. The predicted octanol–water partition coefficient (Wildman–Crippen LogP) is 3.72. The van der Waals surface area contributed by atoms with Crippen molar-refractivity contribution in [1.29, 1.82) is 0 Å². The average Bonchev–Trinajstić information content (AvgIpc) is 2.11. The van der Waals surface area contributed by atoms with E-state index in [1.165, 1.54) is 0 Å². The molecule has 0 heterocycles. The smallest absolute Gasteiger partial charge is 0.0967 e. The van der Waals surface area contributed by atoms with Gasteiger partial charge in [-0.1, -0.05) is 32.0 Å². The maximum Gasteiger partial charge on any atom is 0.0967 e. The van der Waals surface area contributed by atoms with Crippen LogP contribution in [0, 0.1) is 0 Å². The molecule has 2 N–H and O–H groups in total. The fraction of sp³-hybridized carbons (Fsp3) is 0.333. The lowest BCUT2D eigenvalue weighted by Crippen LogP contribution is -1.79. The van der Waals surface area contributed by atoms with Gasteiger partial charge in [-0.05, 0) is 12.1 Å². The summed E-state index contributed by atoms with van der Waals surface area (Å²) in [6, 6.07) is 9.49. The summed E-state index contributed by atoms with van der Waals surface area (Å²) in [5.41, 5.74) is 6.18. The van der Waals surface area contributed by atoms with E-state index < -0.39 is 0 Å². The summed E-state index contributed by atoms with van der Waals surface area (Å²) in [5.74, 6) is 0. The first-order chi connectivity index (χ1) is 5.81. The molecule has 70 valence electrons. The fourth-order valence-corrected chi connectivity index (χ4v) is 0.453. The zero-order valence-corrected chi connectivity index (χ0v) is 8.94. The Morgan fingerprint density at radius 1 is 1.08 bits per heavy atom. The molecule has 0 saturated heterocycles. The van der Waals surface area contributed by atoms with Crippen LogP contribution in [0.2, 0.25) is 0 Å². The number of alkyl halides is 2. The number of rotatable bonds is 0. The fourth-order valence-electron chi connectivity index (χ4n) is 0.453. The highest BCUT2D eigenvalue weighted by Crippen LogP contribution is 1.95. The largest absolute Gasteiger partial charge is 0.399 e. The second kappa shape index (κ2) is 13.2. The standard InChI is InChI=1S/C6H7N.C2H6.CH2Cl2/c7-6-4-2-1-3-5-6;1-2;2-1-3/h1-5H,7H2;1-2H3;1H2. The molecule has 3 heteroatoms. The van der Waals surface area contributed by atoms with Crippen LogP contribution in [0.25, 0.3) is 0 Å². The maximum absolute atomic E-state index is 5.36. The molecule has 0 aliphatic rings. The van der Waals surface area contributed by atoms with E-state index in [0.717, 1.165) is 5.69 Å². The SMILES string of the molecule is CC.ClCCl.Nc1ccccc1. The van der Waals surface area contributed by atoms with E-state index in [0.29, 0.717) is 0 Å². The summed E-state index contributed by atoms with van der Waals surface area (Å²) in [4.78, 5) is 0. The summed E-state index contributed by atoms with van der Waals surface area (Å²) in [6.45, 7) is 4.00. The second-order valence-electron chi connectivity index (χ2n) is 1.51. The highest BCUT2D eigenvalue weighted by molar-refractivity contribution is 6.40. The average molecular weight is 208 g/mol. The molecule has 1 rings (SSSR count). The van der Waals surface area contributed by atoms with Crippen molar-refractivity contribution >= 4 is 28.9 Å². The normalized spacial score (nSPS) is 7.00. The topological polar surface area (TPSA) is 26.0 Å². The van der Waals surface area contributed by atoms with Crippen molar-refractivity contribution in [2.24, 2.45) is 0 Å². The van der Waals surface area contributed by atoms with Gasteiger partial charge in [-0.2, -0.15) is 0 Å². The third-order valence-corrected chi connectivity index (χ3v) is 0.800. The zero-order valence-electron chi connectivity index (χ0n) is 7.43. The number of nitrogens with two attached hydrogens (primary N) is 1. The minimum atomic E-state index is 0.194. The number of hydrogen-bond donors (Lipinski definition) is 1. The minimum Gasteiger partial charge on any atom is -0.399 e. The Morgan fingerprint density at radius 2 is 1.42 bits per heavy atom. The minimum absolute atomic E-state index is 0.194. The molecule has 0 unspecified atom stereocenters. The molecule has 1 aromatic rings. The summed E-state index contributed by atoms with van der Waals surface area (Å²) in [7, 11) is 0. The lowest BCUT2D eigenvalue weighted by atomic mass is 10.3. The van der Waals surface area contributed by atoms with Gasteiger partial charge in [-0.3, -0.25) is 0 Å². The van der Waals surface area contributed by atoms with Gasteiger partial charge in [-0.25, -0.2) is 0 Å². The van der Waals surface area contributed by atoms with Gasteiger partial charge in [-0.15, -0.1) is 23.2 Å². The molecule has 0 saturated carbocycles. The van der Waals surface area contributed by atoms with Gasteiger partial charge in [0.25, 0.3) is 0 Å². The van der Waals surface area contributed by atoms with E-state index in [2.05, 4.69) is 0 Å². The van der Waals surface area contributed by atoms with Crippen LogP contribution in [-0.4, -0.2) is 5.34 Å². The molecule has 0 bridgehead atoms. The van der Waals surface area contributed by atoms with Crippen molar-refractivity contribution in [1.82, 2.24) is 0 Å². The molecule has 12 heavy (non-hydrogen) atoms. The van der Waals surface area contributed by atoms with E-state index in [1.807, 2.05) is 44.2 Å². The molecule has 0 radical (unpaired) electrons. The number of para-hydroxylation sites is 1. The highest BCUT2D eigenvalue weighted by atomic mass is 35.5. The molecular formula is C9H15Cl2N. The molecule has 1 nitrogen and oxygen atoms in total. The molecule has 0 atom stereocenters. The van der Waals surface area contributed by atoms with E-state index in [9.17, 15) is 0 Å². The van der Waals surface area contributed by atoms with Crippen LogP contribution in [-0.2, 0) is 0 Å². The van der Waals surface area contributed by atoms with E-state index in [1.54, 1.807) is 0 Å². The van der Waals surface area contributed by atoms with Crippen LogP contribution in [0.1, 0.15) is 13.8 Å². The van der Waals surface area contributed by atoms with Crippen LogP contribution in [0.3, 0.4) is 0 Å². The Kier molecular flexibility index (Phi) is 15.6. The number of nitrogen functional groups attached to an aromatic ring is 1. The highest BCUT2D eigenvalue weighted by Gasteiger charge is 1.72. The Balaban J connectivity index is 0. The van der Waals surface area contributed by atoms with Crippen LogP contribution in [0.4, 0.5) is 5.69 Å². The van der Waals surface area contributed by atoms with Gasteiger partial charge in [0.1, 0.15) is 0 Å². The van der Waals surface area contributed by atoms with Crippen LogP contribution >= 0.6 is 23.2 Å². The first-order valence-corrected chi connectivity index (χ1v) is 4.80. The van der Waals surface area contributed by atoms with Gasteiger partial charge in [0, 0.05) is 5.69 Å². The molecule has 0 amide bonds. The number of halogens is 2. The molecule has 1 aromatic carbocycles. The van der Waals surface area contributed by atoms with E-state index in [-0.39, 0.29) is 5.34 Å². The quantitative estimate of drug-likeness (QED) is 0.510. The Hall–Kier alpha value is -0.400. The predicted molar refractivity (Wildman–Crippen MR) is 58.8 cm³/mol. The molecule has 0 fully saturated rings. The van der Waals surface area contributed by atoms with Gasteiger partial charge >= 0.3 is 0 Å². The molecule has 0 spiro atoms. The van der Waals surface area contributed by atoms with Crippen LogP contribution in [0.5, 0.6) is 0 Å². The lowest BCUT2D eigenvalue weighted by Gasteiger charge is -1.83. The summed E-state index contributed by atoms with van der Waals surface area (Å²) < 4.78 is 0. The van der Waals surface area contributed by atoms with E-state index >= 15 is 0 Å². The molecule has 0 aliphatic carbocycles. The molecule has 0 aromatic heterocycles. The van der Waals surface area contributed by atoms with Gasteiger partial charge in [0.15, 0.2) is 0 Å². The summed E-state index contributed by atoms with van der Waals surface area (Å²) in [5, 5.41) is 0.194. The van der Waals surface area contributed by atoms with Crippen LogP contribution < -0.4 is 5.73 Å². The van der Waals surface area contributed by atoms with E-state index in [4.69, 9.17) is 28.9 Å². The van der Waals surface area contributed by atoms with Crippen molar-refractivity contribution in [3.63, 3.8) is 0 Å². The Labute approximate surface area is 84.5 Å². The van der Waals surface area contributed by atoms with Crippen molar-refractivity contribution < 1.29 is 0 Å². The zero-order chi connectivity index (χ0) is 9.82. The van der Waals surface area contributed by atoms with Crippen molar-refractivity contribution in [3.8, 4) is 0 Å². The second-order valence-corrected chi connectivity index (χ2v) is 2.32. The number of hydrogen-bond acceptors (Lipinski definition) is 1. The van der Waals surface area contributed by atoms with Crippen LogP contribution in [0.15, 0.2) is 30.3 Å². The lowest BCUT2D eigenvalue weighted by molar-refractivity contribution is 1.50. The summed E-state index contributed by atoms with van der Waals surface area (Å²) >= 11 is 9.53. The summed E-state index contributed by atoms with van der Waals surface area (Å²) in [6.07, 6.45) is 0. The first kappa shape index (κ1) is 14.1. The molecule has 0 aliphatic heterocycles. The van der Waals surface area contributed by atoms with Gasteiger partial charge < -0.3 is 5.73 Å². The van der Waals surface area contributed by atoms with Crippen molar-refractivity contribution in [2.45, 2.75) is 13.8 Å². The van der Waals surface area contributed by atoms with Crippen molar-refractivity contribution in [2.75, 3.05) is 11.1 Å². The van der Waals surface area contributed by atoms with Crippen molar-refractivity contribution in [3.05, 3.63) is 30.3 Å². The Bertz CT molecular complexity index is 154. The monoisotopic (exact) mass is 207 g/mol. The van der Waals surface area contributed by atoms with Gasteiger partial charge in [0.2, 0.25) is 0 Å². The number of anilines is 1. The van der Waals surface area contributed by atoms with Gasteiger partial charge in [0.05, 0.1) is 5.34 Å². The maximum atomic E-state index is 5.36. The Morgan fingerprint density at radius 3 is 1.58 bits per heavy atom.